The monoisotopic (exact) mass is 464 g/mol. The molecule has 0 aliphatic heterocycles. The zero-order valence-corrected chi connectivity index (χ0v) is 22.2. The highest BCUT2D eigenvalue weighted by atomic mass is 15.0. The topological polar surface area (TPSA) is 9.86 Å². The minimum atomic E-state index is 0.872. The van der Waals surface area contributed by atoms with Crippen LogP contribution in [0.2, 0.25) is 0 Å². The largest absolute Gasteiger partial charge is 0.317 e. The molecule has 0 amide bonds. The maximum Gasteiger partial charge on any atom is 0.0606 e. The molecule has 0 spiro atoms. The standard InChI is InChI=1S/C29H28N2.2C2H6/c1-9-15-25-21(8)30(13-5)28-18-17-22(19-26(25)28)20(7)29-24(12-4)23(11-3)27(16-10-2)31(29)14-6;2*1-2/h9-19H,1,3-8H2,2H3;2*1-2H3/b16-10-,25-15+;;. The van der Waals surface area contributed by atoms with Gasteiger partial charge in [-0.25, -0.2) is 0 Å². The van der Waals surface area contributed by atoms with E-state index in [-0.39, 0.29) is 0 Å². The lowest BCUT2D eigenvalue weighted by Gasteiger charge is -2.12. The molecule has 0 aliphatic rings. The van der Waals surface area contributed by atoms with Crippen molar-refractivity contribution in [2.75, 3.05) is 0 Å². The Morgan fingerprint density at radius 3 is 1.94 bits per heavy atom. The van der Waals surface area contributed by atoms with Gasteiger partial charge >= 0.3 is 0 Å². The lowest BCUT2D eigenvalue weighted by Crippen LogP contribution is -2.24. The van der Waals surface area contributed by atoms with Crippen LogP contribution < -0.4 is 10.6 Å². The first-order valence-corrected chi connectivity index (χ1v) is 12.0. The van der Waals surface area contributed by atoms with E-state index in [0.29, 0.717) is 0 Å². The molecule has 0 N–H and O–H groups in total. The minimum absolute atomic E-state index is 0.872. The summed E-state index contributed by atoms with van der Waals surface area (Å²) in [6, 6.07) is 6.28. The van der Waals surface area contributed by atoms with Crippen LogP contribution in [0.4, 0.5) is 0 Å². The third kappa shape index (κ3) is 5.22. The first-order chi connectivity index (χ1) is 17.0. The number of rotatable bonds is 8. The van der Waals surface area contributed by atoms with Gasteiger partial charge in [0.25, 0.3) is 0 Å². The van der Waals surface area contributed by atoms with E-state index in [0.717, 1.165) is 55.1 Å². The van der Waals surface area contributed by atoms with Gasteiger partial charge in [-0.1, -0.05) is 110 Å². The molecule has 0 fully saturated rings. The average molecular weight is 465 g/mol. The SMILES string of the molecule is C=C/C=c1\c(=C)n(C=C)c2ccc(C(=C)c3c(C=C)c(C=C)c(/C=C\C)n3C=C)cc12.CC.CC. The minimum Gasteiger partial charge on any atom is -0.317 e. The molecule has 0 bridgehead atoms. The highest BCUT2D eigenvalue weighted by molar-refractivity contribution is 5.93. The van der Waals surface area contributed by atoms with Crippen LogP contribution in [0.25, 0.3) is 59.8 Å². The molecule has 2 heterocycles. The van der Waals surface area contributed by atoms with Gasteiger partial charge in [-0.3, -0.25) is 0 Å². The Labute approximate surface area is 211 Å². The smallest absolute Gasteiger partial charge is 0.0606 e. The van der Waals surface area contributed by atoms with Crippen LogP contribution >= 0.6 is 0 Å². The fourth-order valence-corrected chi connectivity index (χ4v) is 4.12. The normalized spacial score (nSPS) is 10.7. The van der Waals surface area contributed by atoms with Crippen molar-refractivity contribution in [2.24, 2.45) is 0 Å². The first kappa shape index (κ1) is 29.0. The molecule has 0 atom stereocenters. The maximum absolute atomic E-state index is 4.45. The average Bonchev–Trinajstić information content (AvgIpc) is 3.36. The second-order valence-electron chi connectivity index (χ2n) is 7.05. The van der Waals surface area contributed by atoms with Crippen LogP contribution in [0.3, 0.4) is 0 Å². The summed E-state index contributed by atoms with van der Waals surface area (Å²) in [4.78, 5) is 0. The maximum atomic E-state index is 4.45. The summed E-state index contributed by atoms with van der Waals surface area (Å²) in [6.45, 7) is 38.5. The number of hydrogen-bond acceptors (Lipinski definition) is 0. The molecule has 1 aromatic carbocycles. The molecule has 0 saturated carbocycles. The summed E-state index contributed by atoms with van der Waals surface area (Å²) in [5, 5.41) is 2.96. The Morgan fingerprint density at radius 1 is 0.857 bits per heavy atom. The van der Waals surface area contributed by atoms with Crippen LogP contribution in [0.1, 0.15) is 62.7 Å². The van der Waals surface area contributed by atoms with Gasteiger partial charge in [-0.15, -0.1) is 0 Å². The fourth-order valence-electron chi connectivity index (χ4n) is 4.12. The quantitative estimate of drug-likeness (QED) is 0.316. The molecule has 2 heteroatoms. The van der Waals surface area contributed by atoms with Crippen molar-refractivity contribution < 1.29 is 0 Å². The van der Waals surface area contributed by atoms with Crippen LogP contribution in [0.5, 0.6) is 0 Å². The van der Waals surface area contributed by atoms with Crippen molar-refractivity contribution in [3.8, 4) is 0 Å². The van der Waals surface area contributed by atoms with Crippen molar-refractivity contribution in [1.29, 1.82) is 0 Å². The van der Waals surface area contributed by atoms with Gasteiger partial charge in [0.15, 0.2) is 0 Å². The van der Waals surface area contributed by atoms with Crippen molar-refractivity contribution in [3.05, 3.63) is 108 Å². The number of aromatic nitrogens is 2. The molecule has 0 radical (unpaired) electrons. The van der Waals surface area contributed by atoms with E-state index in [1.54, 1.807) is 18.5 Å². The van der Waals surface area contributed by atoms with E-state index in [9.17, 15) is 0 Å². The molecule has 0 aliphatic carbocycles. The molecule has 35 heavy (non-hydrogen) atoms. The zero-order valence-electron chi connectivity index (χ0n) is 22.2. The molecular weight excluding hydrogens is 424 g/mol. The molecule has 3 rings (SSSR count). The molecule has 0 saturated heterocycles. The van der Waals surface area contributed by atoms with Gasteiger partial charge in [0.2, 0.25) is 0 Å². The van der Waals surface area contributed by atoms with Crippen molar-refractivity contribution in [2.45, 2.75) is 34.6 Å². The van der Waals surface area contributed by atoms with E-state index in [2.05, 4.69) is 64.3 Å². The number of fused-ring (bicyclic) bond motifs is 1. The molecule has 2 aromatic heterocycles. The summed E-state index contributed by atoms with van der Waals surface area (Å²) in [5.41, 5.74) is 6.83. The van der Waals surface area contributed by atoms with Gasteiger partial charge < -0.3 is 9.13 Å². The first-order valence-electron chi connectivity index (χ1n) is 12.0. The highest BCUT2D eigenvalue weighted by Gasteiger charge is 2.20. The Balaban J connectivity index is 0.00000145. The van der Waals surface area contributed by atoms with Crippen LogP contribution in [-0.4, -0.2) is 9.13 Å². The van der Waals surface area contributed by atoms with E-state index >= 15 is 0 Å². The lowest BCUT2D eigenvalue weighted by atomic mass is 9.98. The summed E-state index contributed by atoms with van der Waals surface area (Å²) in [5.74, 6) is 0. The third-order valence-electron chi connectivity index (χ3n) is 5.49. The summed E-state index contributed by atoms with van der Waals surface area (Å²) < 4.78 is 4.03. The summed E-state index contributed by atoms with van der Waals surface area (Å²) in [7, 11) is 0. The van der Waals surface area contributed by atoms with Crippen LogP contribution in [-0.2, 0) is 0 Å². The highest BCUT2D eigenvalue weighted by Crippen LogP contribution is 2.35. The van der Waals surface area contributed by atoms with Crippen molar-refractivity contribution in [3.63, 3.8) is 0 Å². The lowest BCUT2D eigenvalue weighted by molar-refractivity contribution is 1.12. The second kappa shape index (κ2) is 13.6. The molecule has 0 unspecified atom stereocenters. The fraction of sp³-hybridized carbons (Fsp3) is 0.152. The third-order valence-corrected chi connectivity index (χ3v) is 5.49. The van der Waals surface area contributed by atoms with E-state index in [4.69, 9.17) is 0 Å². The zero-order chi connectivity index (χ0) is 26.7. The van der Waals surface area contributed by atoms with E-state index in [1.165, 1.54) is 0 Å². The van der Waals surface area contributed by atoms with Gasteiger partial charge in [-0.2, -0.15) is 0 Å². The van der Waals surface area contributed by atoms with Gasteiger partial charge in [-0.05, 0) is 36.3 Å². The van der Waals surface area contributed by atoms with E-state index < -0.39 is 0 Å². The van der Waals surface area contributed by atoms with Crippen LogP contribution in [0.15, 0.2) is 69.8 Å². The van der Waals surface area contributed by atoms with Crippen molar-refractivity contribution >= 4 is 59.8 Å². The predicted molar refractivity (Wildman–Crippen MR) is 164 cm³/mol. The predicted octanol–water partition coefficient (Wildman–Crippen LogP) is 8.45. The van der Waals surface area contributed by atoms with Gasteiger partial charge in [0.1, 0.15) is 0 Å². The Hall–Kier alpha value is -4.04. The molecule has 2 nitrogen and oxygen atoms in total. The number of benzene rings is 1. The molecule has 3 aromatic rings. The van der Waals surface area contributed by atoms with Gasteiger partial charge in [0.05, 0.1) is 16.9 Å². The Bertz CT molecular complexity index is 1400. The van der Waals surface area contributed by atoms with Crippen LogP contribution in [0, 0.1) is 0 Å². The number of nitrogens with zero attached hydrogens (tertiary/aromatic N) is 2. The summed E-state index contributed by atoms with van der Waals surface area (Å²) >= 11 is 0. The van der Waals surface area contributed by atoms with Gasteiger partial charge in [0, 0.05) is 39.5 Å². The summed E-state index contributed by atoms with van der Waals surface area (Å²) in [6.07, 6.45) is 15.1. The molecule has 182 valence electrons. The molecular formula is C33H40N2. The van der Waals surface area contributed by atoms with Crippen molar-refractivity contribution in [1.82, 2.24) is 9.13 Å². The Kier molecular flexibility index (Phi) is 11.3. The number of hydrogen-bond donors (Lipinski definition) is 0. The number of allylic oxidation sites excluding steroid dienone is 2. The second-order valence-corrected chi connectivity index (χ2v) is 7.05. The Morgan fingerprint density at radius 2 is 1.46 bits per heavy atom. The van der Waals surface area contributed by atoms with E-state index in [1.807, 2.05) is 74.1 Å².